The second-order valence-corrected chi connectivity index (χ2v) is 5.00. The maximum absolute atomic E-state index is 11.8. The van der Waals surface area contributed by atoms with E-state index in [1.54, 1.807) is 0 Å². The zero-order chi connectivity index (χ0) is 11.8. The predicted octanol–water partition coefficient (Wildman–Crippen LogP) is 3.85. The van der Waals surface area contributed by atoms with Crippen LogP contribution in [0.1, 0.15) is 38.7 Å². The molecule has 2 aliphatic rings. The summed E-state index contributed by atoms with van der Waals surface area (Å²) in [5.74, 6) is 0.192. The first-order valence-electron chi connectivity index (χ1n) is 5.84. The summed E-state index contributed by atoms with van der Waals surface area (Å²) >= 11 is 3.45. The highest BCUT2D eigenvalue weighted by Gasteiger charge is 2.50. The summed E-state index contributed by atoms with van der Waals surface area (Å²) in [6.07, 6.45) is 3.17. The SMILES string of the molecule is CC.O=C1Nc2ccc(Br)cc2C12CCC2. The van der Waals surface area contributed by atoms with Gasteiger partial charge in [0.15, 0.2) is 0 Å². The summed E-state index contributed by atoms with van der Waals surface area (Å²) in [4.78, 5) is 11.8. The van der Waals surface area contributed by atoms with Crippen LogP contribution in [-0.2, 0) is 10.2 Å². The van der Waals surface area contributed by atoms with Crippen molar-refractivity contribution < 1.29 is 4.79 Å². The highest BCUT2D eigenvalue weighted by Crippen LogP contribution is 2.51. The minimum atomic E-state index is -0.181. The van der Waals surface area contributed by atoms with E-state index in [4.69, 9.17) is 0 Å². The molecule has 16 heavy (non-hydrogen) atoms. The maximum atomic E-state index is 11.8. The highest BCUT2D eigenvalue weighted by molar-refractivity contribution is 9.10. The van der Waals surface area contributed by atoms with Crippen molar-refractivity contribution in [1.82, 2.24) is 0 Å². The molecule has 0 radical (unpaired) electrons. The van der Waals surface area contributed by atoms with Crippen LogP contribution in [-0.4, -0.2) is 5.91 Å². The fourth-order valence-electron chi connectivity index (χ4n) is 2.41. The van der Waals surface area contributed by atoms with Gasteiger partial charge in [0.2, 0.25) is 5.91 Å². The predicted molar refractivity (Wildman–Crippen MR) is 69.6 cm³/mol. The van der Waals surface area contributed by atoms with Gasteiger partial charge >= 0.3 is 0 Å². The summed E-state index contributed by atoms with van der Waals surface area (Å²) in [7, 11) is 0. The molecule has 1 aliphatic carbocycles. The molecule has 1 amide bonds. The van der Waals surface area contributed by atoms with E-state index in [9.17, 15) is 4.79 Å². The Kier molecular flexibility index (Phi) is 3.06. The monoisotopic (exact) mass is 281 g/mol. The van der Waals surface area contributed by atoms with Gasteiger partial charge in [-0.1, -0.05) is 36.2 Å². The quantitative estimate of drug-likeness (QED) is 0.769. The molecule has 3 rings (SSSR count). The van der Waals surface area contributed by atoms with Crippen LogP contribution in [0.3, 0.4) is 0 Å². The molecule has 0 atom stereocenters. The lowest BCUT2D eigenvalue weighted by Gasteiger charge is -2.36. The fourth-order valence-corrected chi connectivity index (χ4v) is 2.77. The molecule has 0 saturated heterocycles. The third-order valence-corrected chi connectivity index (χ3v) is 3.88. The Balaban J connectivity index is 0.000000457. The van der Waals surface area contributed by atoms with Crippen LogP contribution < -0.4 is 5.32 Å². The molecule has 1 aromatic rings. The Labute approximate surface area is 105 Å². The van der Waals surface area contributed by atoms with Gasteiger partial charge in [-0.2, -0.15) is 0 Å². The highest BCUT2D eigenvalue weighted by atomic mass is 79.9. The van der Waals surface area contributed by atoms with Crippen molar-refractivity contribution in [3.63, 3.8) is 0 Å². The number of anilines is 1. The van der Waals surface area contributed by atoms with E-state index in [0.717, 1.165) is 23.0 Å². The summed E-state index contributed by atoms with van der Waals surface area (Å²) in [6, 6.07) is 6.02. The number of nitrogens with one attached hydrogen (secondary N) is 1. The molecular formula is C13H16BrNO. The Morgan fingerprint density at radius 3 is 2.56 bits per heavy atom. The minimum Gasteiger partial charge on any atom is -0.325 e. The number of benzene rings is 1. The molecule has 1 aliphatic heterocycles. The molecule has 1 fully saturated rings. The van der Waals surface area contributed by atoms with Crippen molar-refractivity contribution in [1.29, 1.82) is 0 Å². The van der Waals surface area contributed by atoms with Crippen LogP contribution in [0.15, 0.2) is 22.7 Å². The molecular weight excluding hydrogens is 266 g/mol. The summed E-state index contributed by atoms with van der Waals surface area (Å²) in [5, 5.41) is 2.96. The molecule has 0 bridgehead atoms. The van der Waals surface area contributed by atoms with E-state index in [1.165, 1.54) is 12.0 Å². The second-order valence-electron chi connectivity index (χ2n) is 4.08. The number of carbonyl (C=O) groups is 1. The van der Waals surface area contributed by atoms with Crippen LogP contribution in [0.5, 0.6) is 0 Å². The Bertz CT molecular complexity index is 424. The molecule has 0 aromatic heterocycles. The second kappa shape index (κ2) is 4.21. The normalized spacial score (nSPS) is 19.3. The van der Waals surface area contributed by atoms with Crippen LogP contribution >= 0.6 is 15.9 Å². The van der Waals surface area contributed by atoms with E-state index in [-0.39, 0.29) is 11.3 Å². The molecule has 1 saturated carbocycles. The average Bonchev–Trinajstić information content (AvgIpc) is 2.52. The van der Waals surface area contributed by atoms with Crippen molar-refractivity contribution in [3.05, 3.63) is 28.2 Å². The van der Waals surface area contributed by atoms with Crippen LogP contribution in [0.4, 0.5) is 5.69 Å². The summed E-state index contributed by atoms with van der Waals surface area (Å²) in [6.45, 7) is 4.00. The van der Waals surface area contributed by atoms with Crippen molar-refractivity contribution >= 4 is 27.5 Å². The lowest BCUT2D eigenvalue weighted by atomic mass is 9.65. The van der Waals surface area contributed by atoms with E-state index >= 15 is 0 Å². The van der Waals surface area contributed by atoms with Crippen molar-refractivity contribution in [2.24, 2.45) is 0 Å². The van der Waals surface area contributed by atoms with E-state index in [1.807, 2.05) is 26.0 Å². The fraction of sp³-hybridized carbons (Fsp3) is 0.462. The first-order chi connectivity index (χ1) is 7.72. The standard InChI is InChI=1S/C11H10BrNO.C2H6/c12-7-2-3-9-8(6-7)11(4-1-5-11)10(14)13-9;1-2/h2-3,6H,1,4-5H2,(H,13,14);1-2H3. The molecule has 3 heteroatoms. The molecule has 0 unspecified atom stereocenters. The number of amides is 1. The summed E-state index contributed by atoms with van der Waals surface area (Å²) < 4.78 is 1.05. The smallest absolute Gasteiger partial charge is 0.235 e. The van der Waals surface area contributed by atoms with Gasteiger partial charge in [-0.25, -0.2) is 0 Å². The molecule has 1 spiro atoms. The van der Waals surface area contributed by atoms with Gasteiger partial charge in [-0.15, -0.1) is 0 Å². The third kappa shape index (κ3) is 1.49. The minimum absolute atomic E-state index is 0.181. The lowest BCUT2D eigenvalue weighted by molar-refractivity contribution is -0.123. The number of rotatable bonds is 0. The van der Waals surface area contributed by atoms with Crippen molar-refractivity contribution in [2.75, 3.05) is 5.32 Å². The van der Waals surface area contributed by atoms with Crippen LogP contribution in [0.25, 0.3) is 0 Å². The van der Waals surface area contributed by atoms with Crippen LogP contribution in [0.2, 0.25) is 0 Å². The van der Waals surface area contributed by atoms with Gasteiger partial charge in [-0.05, 0) is 36.6 Å². The van der Waals surface area contributed by atoms with E-state index < -0.39 is 0 Å². The average molecular weight is 282 g/mol. The molecule has 2 nitrogen and oxygen atoms in total. The van der Waals surface area contributed by atoms with Crippen molar-refractivity contribution in [3.8, 4) is 0 Å². The van der Waals surface area contributed by atoms with Gasteiger partial charge in [0.1, 0.15) is 0 Å². The molecule has 1 N–H and O–H groups in total. The Morgan fingerprint density at radius 1 is 1.31 bits per heavy atom. The molecule has 1 aromatic carbocycles. The topological polar surface area (TPSA) is 29.1 Å². The first kappa shape index (κ1) is 11.6. The number of halogens is 1. The van der Waals surface area contributed by atoms with E-state index in [0.29, 0.717) is 0 Å². The number of hydrogen-bond donors (Lipinski definition) is 1. The Morgan fingerprint density at radius 2 is 2.00 bits per heavy atom. The zero-order valence-electron chi connectivity index (χ0n) is 9.64. The number of hydrogen-bond acceptors (Lipinski definition) is 1. The Hall–Kier alpha value is -0.830. The van der Waals surface area contributed by atoms with Gasteiger partial charge < -0.3 is 5.32 Å². The lowest BCUT2D eigenvalue weighted by Crippen LogP contribution is -2.40. The van der Waals surface area contributed by atoms with Gasteiger partial charge in [0.25, 0.3) is 0 Å². The zero-order valence-corrected chi connectivity index (χ0v) is 11.2. The largest absolute Gasteiger partial charge is 0.325 e. The molecule has 86 valence electrons. The van der Waals surface area contributed by atoms with Crippen LogP contribution in [0, 0.1) is 0 Å². The maximum Gasteiger partial charge on any atom is 0.235 e. The van der Waals surface area contributed by atoms with Crippen molar-refractivity contribution in [2.45, 2.75) is 38.5 Å². The summed E-state index contributed by atoms with van der Waals surface area (Å²) in [5.41, 5.74) is 2.00. The van der Waals surface area contributed by atoms with Gasteiger partial charge in [0, 0.05) is 10.2 Å². The van der Waals surface area contributed by atoms with E-state index in [2.05, 4.69) is 27.3 Å². The number of fused-ring (bicyclic) bond motifs is 2. The van der Waals surface area contributed by atoms with Gasteiger partial charge in [-0.3, -0.25) is 4.79 Å². The molecule has 1 heterocycles. The third-order valence-electron chi connectivity index (χ3n) is 3.39. The number of carbonyl (C=O) groups excluding carboxylic acids is 1. The first-order valence-corrected chi connectivity index (χ1v) is 6.63. The van der Waals surface area contributed by atoms with Gasteiger partial charge in [0.05, 0.1) is 5.41 Å².